The highest BCUT2D eigenvalue weighted by molar-refractivity contribution is 4.98. The minimum absolute atomic E-state index is 0.134. The number of methoxy groups -OCH3 is 1. The molecule has 328 valence electrons. The van der Waals surface area contributed by atoms with Crippen LogP contribution in [0.25, 0.3) is 0 Å². The molecule has 15 N–H and O–H groups in total. The molecule has 0 radical (unpaired) electrons. The van der Waals surface area contributed by atoms with Gasteiger partial charge in [-0.2, -0.15) is 0 Å². The monoisotopic (exact) mass is 826 g/mol. The number of hydrogen-bond donors (Lipinski definition) is 15. The first-order chi connectivity index (χ1) is 26.6. The lowest BCUT2D eigenvalue weighted by Crippen LogP contribution is -2.67. The van der Waals surface area contributed by atoms with Crippen LogP contribution in [0.15, 0.2) is 0 Å². The van der Waals surface area contributed by atoms with Gasteiger partial charge in [0, 0.05) is 13.5 Å². The molecule has 25 heteroatoms. The molecule has 5 aliphatic rings. The van der Waals surface area contributed by atoms with E-state index in [0.29, 0.717) is 0 Å². The third-order valence-electron chi connectivity index (χ3n) is 10.4. The maximum absolute atomic E-state index is 11.1. The Balaban J connectivity index is 1.22. The van der Waals surface area contributed by atoms with Gasteiger partial charge in [-0.1, -0.05) is 0 Å². The molecule has 24 atom stereocenters. The SMILES string of the molecule is COC1O[C@H](CO)[C@@H](OC2O[C@H](CO)[C@@H](OC3O[C@H](CO)[C@@H](OC4O[C@H](CO)[C@@H](OC5O[C@H](CO)C[C@H](O)[C@H]5O)[C@H](O)[C@H]4O)[C@H](O)[C@H]3O)[C@H](O)[C@H]2O)[C@H](O)[C@H]1O. The predicted octanol–water partition coefficient (Wildman–Crippen LogP) is -10.2. The number of aliphatic hydroxyl groups excluding tert-OH is 15. The largest absolute Gasteiger partial charge is 0.394 e. The summed E-state index contributed by atoms with van der Waals surface area (Å²) < 4.78 is 54.9. The van der Waals surface area contributed by atoms with Crippen LogP contribution in [-0.4, -0.2) is 264 Å². The molecule has 56 heavy (non-hydrogen) atoms. The highest BCUT2D eigenvalue weighted by Crippen LogP contribution is 2.35. The highest BCUT2D eigenvalue weighted by atomic mass is 16.8. The van der Waals surface area contributed by atoms with Gasteiger partial charge in [0.2, 0.25) is 0 Å². The number of ether oxygens (including phenoxy) is 10. The Bertz CT molecular complexity index is 1180. The third-order valence-corrected chi connectivity index (χ3v) is 10.4. The van der Waals surface area contributed by atoms with Gasteiger partial charge < -0.3 is 124 Å². The van der Waals surface area contributed by atoms with E-state index in [1.165, 1.54) is 7.11 Å². The van der Waals surface area contributed by atoms with Gasteiger partial charge in [-0.25, -0.2) is 0 Å². The van der Waals surface area contributed by atoms with Crippen LogP contribution in [0.4, 0.5) is 0 Å². The van der Waals surface area contributed by atoms with Crippen molar-refractivity contribution in [2.75, 3.05) is 40.1 Å². The van der Waals surface area contributed by atoms with Crippen molar-refractivity contribution in [3.05, 3.63) is 0 Å². The molecule has 5 heterocycles. The molecule has 5 rings (SSSR count). The zero-order valence-electron chi connectivity index (χ0n) is 29.9. The van der Waals surface area contributed by atoms with Crippen LogP contribution in [0.5, 0.6) is 0 Å². The highest BCUT2D eigenvalue weighted by Gasteiger charge is 2.56. The third kappa shape index (κ3) is 9.47. The lowest BCUT2D eigenvalue weighted by atomic mass is 9.95. The summed E-state index contributed by atoms with van der Waals surface area (Å²) in [5, 5.41) is 157. The second kappa shape index (κ2) is 20.0. The zero-order valence-corrected chi connectivity index (χ0v) is 29.9. The average Bonchev–Trinajstić information content (AvgIpc) is 3.19. The van der Waals surface area contributed by atoms with Crippen LogP contribution in [0, 0.1) is 0 Å². The van der Waals surface area contributed by atoms with Crippen molar-refractivity contribution in [1.29, 1.82) is 0 Å². The molecular formula is C31H54O25. The molecule has 0 bridgehead atoms. The van der Waals surface area contributed by atoms with Crippen molar-refractivity contribution in [1.82, 2.24) is 0 Å². The normalized spacial score (nSPS) is 51.9. The summed E-state index contributed by atoms with van der Waals surface area (Å²) in [4.78, 5) is 0. The lowest BCUT2D eigenvalue weighted by molar-refractivity contribution is -0.392. The number of hydrogen-bond acceptors (Lipinski definition) is 25. The van der Waals surface area contributed by atoms with Gasteiger partial charge in [0.25, 0.3) is 0 Å². The topological polar surface area (TPSA) is 396 Å². The Morgan fingerprint density at radius 3 is 0.946 bits per heavy atom. The quantitative estimate of drug-likeness (QED) is 0.0773. The van der Waals surface area contributed by atoms with Gasteiger partial charge in [-0.3, -0.25) is 0 Å². The predicted molar refractivity (Wildman–Crippen MR) is 170 cm³/mol. The molecule has 0 aromatic heterocycles. The van der Waals surface area contributed by atoms with Crippen LogP contribution in [0.3, 0.4) is 0 Å². The molecule has 0 aromatic carbocycles. The van der Waals surface area contributed by atoms with E-state index in [2.05, 4.69) is 0 Å². The fourth-order valence-corrected chi connectivity index (χ4v) is 7.18. The first-order valence-corrected chi connectivity index (χ1v) is 17.9. The van der Waals surface area contributed by atoms with E-state index in [1.54, 1.807) is 0 Å². The first kappa shape index (κ1) is 46.1. The molecule has 0 saturated carbocycles. The minimum Gasteiger partial charge on any atom is -0.394 e. The Morgan fingerprint density at radius 1 is 0.375 bits per heavy atom. The van der Waals surface area contributed by atoms with Crippen molar-refractivity contribution in [3.63, 3.8) is 0 Å². The summed E-state index contributed by atoms with van der Waals surface area (Å²) in [5.41, 5.74) is 0. The van der Waals surface area contributed by atoms with Crippen molar-refractivity contribution in [3.8, 4) is 0 Å². The zero-order chi connectivity index (χ0) is 41.2. The maximum atomic E-state index is 11.1. The Labute approximate surface area is 318 Å². The van der Waals surface area contributed by atoms with E-state index in [-0.39, 0.29) is 6.42 Å². The van der Waals surface area contributed by atoms with Gasteiger partial charge in [-0.15, -0.1) is 0 Å². The Kier molecular flexibility index (Phi) is 16.5. The minimum atomic E-state index is -2.08. The first-order valence-electron chi connectivity index (χ1n) is 17.9. The molecule has 5 unspecified atom stereocenters. The van der Waals surface area contributed by atoms with Crippen LogP contribution in [0.1, 0.15) is 6.42 Å². The van der Waals surface area contributed by atoms with E-state index in [0.717, 1.165) is 0 Å². The van der Waals surface area contributed by atoms with Crippen molar-refractivity contribution in [2.45, 2.75) is 154 Å². The van der Waals surface area contributed by atoms with Crippen LogP contribution >= 0.6 is 0 Å². The number of rotatable bonds is 14. The Hall–Kier alpha value is -1.00. The molecular weight excluding hydrogens is 772 g/mol. The number of aliphatic hydroxyl groups is 15. The molecule has 25 nitrogen and oxygen atoms in total. The Morgan fingerprint density at radius 2 is 0.661 bits per heavy atom. The van der Waals surface area contributed by atoms with Gasteiger partial charge in [0.1, 0.15) is 104 Å². The molecule has 0 aromatic rings. The van der Waals surface area contributed by atoms with E-state index >= 15 is 0 Å². The maximum Gasteiger partial charge on any atom is 0.187 e. The molecule has 5 aliphatic heterocycles. The molecule has 0 spiro atoms. The molecule has 0 amide bonds. The average molecular weight is 827 g/mol. The smallest absolute Gasteiger partial charge is 0.187 e. The second-order valence-electron chi connectivity index (χ2n) is 14.1. The van der Waals surface area contributed by atoms with Gasteiger partial charge in [0.05, 0.1) is 45.2 Å². The van der Waals surface area contributed by atoms with Crippen molar-refractivity contribution >= 4 is 0 Å². The second-order valence-corrected chi connectivity index (χ2v) is 14.1. The summed E-state index contributed by atoms with van der Waals surface area (Å²) in [6.45, 7) is -4.03. The summed E-state index contributed by atoms with van der Waals surface area (Å²) in [6.07, 6.45) is -40.9. The summed E-state index contributed by atoms with van der Waals surface area (Å²) in [6, 6.07) is 0. The van der Waals surface area contributed by atoms with Gasteiger partial charge in [-0.05, 0) is 0 Å². The van der Waals surface area contributed by atoms with E-state index < -0.39 is 180 Å². The summed E-state index contributed by atoms with van der Waals surface area (Å²) >= 11 is 0. The fraction of sp³-hybridized carbons (Fsp3) is 1.00. The summed E-state index contributed by atoms with van der Waals surface area (Å²) in [7, 11) is 1.18. The van der Waals surface area contributed by atoms with E-state index in [1.807, 2.05) is 0 Å². The van der Waals surface area contributed by atoms with Crippen LogP contribution in [0.2, 0.25) is 0 Å². The fourth-order valence-electron chi connectivity index (χ4n) is 7.18. The molecule has 5 saturated heterocycles. The molecule has 0 aliphatic carbocycles. The van der Waals surface area contributed by atoms with Gasteiger partial charge in [0.15, 0.2) is 31.5 Å². The lowest BCUT2D eigenvalue weighted by Gasteiger charge is -2.49. The standard InChI is InChI=1S/C31H54O25/c1-47-27-19(43)15(39)23(10(4-33)49-27)54-29-21(45)17(41)25(12(6-35)51-29)56-31-22(46)18(42)26(13(7-36)52-31)55-30-20(44)16(40)24(11(5-34)50-30)53-28-14(38)9(37)2-8(3-32)48-28/h8-46H,2-7H2,1H3/t8-,9-,10+,11+,12+,13+,14+,15+,16+,17+,18+,19+,20+,21+,22+,23+,24+,25+,26+,27?,28?,29?,30?,31?/m0/s1. The molecule has 5 fully saturated rings. The van der Waals surface area contributed by atoms with Gasteiger partial charge >= 0.3 is 0 Å². The van der Waals surface area contributed by atoms with E-state index in [4.69, 9.17) is 47.4 Å². The summed E-state index contributed by atoms with van der Waals surface area (Å²) in [5.74, 6) is 0. The van der Waals surface area contributed by atoms with Crippen LogP contribution < -0.4 is 0 Å². The van der Waals surface area contributed by atoms with Crippen molar-refractivity contribution in [2.24, 2.45) is 0 Å². The van der Waals surface area contributed by atoms with E-state index in [9.17, 15) is 76.6 Å². The van der Waals surface area contributed by atoms with Crippen LogP contribution in [-0.2, 0) is 47.4 Å². The van der Waals surface area contributed by atoms with Crippen molar-refractivity contribution < 1.29 is 124 Å².